The monoisotopic (exact) mass is 331 g/mol. The Morgan fingerprint density at radius 1 is 1.20 bits per heavy atom. The summed E-state index contributed by atoms with van der Waals surface area (Å²) >= 11 is 3.54. The molecule has 0 spiro atoms. The molecule has 1 heterocycles. The molecule has 0 amide bonds. The summed E-state index contributed by atoms with van der Waals surface area (Å²) in [7, 11) is 0. The topological polar surface area (TPSA) is 21.3 Å². The van der Waals surface area contributed by atoms with Gasteiger partial charge < -0.3 is 10.1 Å². The smallest absolute Gasteiger partial charge is 0.124 e. The molecule has 1 aliphatic rings. The van der Waals surface area contributed by atoms with E-state index < -0.39 is 0 Å². The zero-order valence-electron chi connectivity index (χ0n) is 11.5. The van der Waals surface area contributed by atoms with Gasteiger partial charge in [-0.15, -0.1) is 0 Å². The number of fused-ring (bicyclic) bond motifs is 1. The largest absolute Gasteiger partial charge is 0.493 e. The van der Waals surface area contributed by atoms with Crippen LogP contribution in [0.3, 0.4) is 0 Å². The van der Waals surface area contributed by atoms with Gasteiger partial charge in [0.1, 0.15) is 5.75 Å². The van der Waals surface area contributed by atoms with Crippen LogP contribution >= 0.6 is 15.9 Å². The van der Waals surface area contributed by atoms with Crippen LogP contribution in [0.2, 0.25) is 0 Å². The number of halogens is 1. The second kappa shape index (κ2) is 5.98. The van der Waals surface area contributed by atoms with Crippen molar-refractivity contribution in [3.05, 3.63) is 63.6 Å². The molecule has 1 N–H and O–H groups in total. The maximum absolute atomic E-state index is 5.72. The molecule has 0 fully saturated rings. The highest BCUT2D eigenvalue weighted by molar-refractivity contribution is 9.10. The summed E-state index contributed by atoms with van der Waals surface area (Å²) in [6.07, 6.45) is 1.01. The average Bonchev–Trinajstić information content (AvgIpc) is 2.47. The molecule has 1 unspecified atom stereocenters. The molecule has 0 radical (unpaired) electrons. The van der Waals surface area contributed by atoms with Crippen molar-refractivity contribution in [2.75, 3.05) is 6.61 Å². The van der Waals surface area contributed by atoms with E-state index in [1.54, 1.807) is 0 Å². The van der Waals surface area contributed by atoms with Gasteiger partial charge in [0.25, 0.3) is 0 Å². The first-order valence-electron chi connectivity index (χ1n) is 6.93. The fourth-order valence-corrected chi connectivity index (χ4v) is 2.90. The van der Waals surface area contributed by atoms with Gasteiger partial charge in [0.15, 0.2) is 0 Å². The molecule has 1 atom stereocenters. The van der Waals surface area contributed by atoms with E-state index in [4.69, 9.17) is 4.74 Å². The van der Waals surface area contributed by atoms with Crippen molar-refractivity contribution >= 4 is 15.9 Å². The second-order valence-electron chi connectivity index (χ2n) is 5.24. The summed E-state index contributed by atoms with van der Waals surface area (Å²) in [5.74, 6) is 1.00. The Bertz CT molecular complexity index is 594. The lowest BCUT2D eigenvalue weighted by Crippen LogP contribution is -2.26. The van der Waals surface area contributed by atoms with Crippen molar-refractivity contribution in [1.29, 1.82) is 0 Å². The number of nitrogens with one attached hydrogen (secondary N) is 1. The summed E-state index contributed by atoms with van der Waals surface area (Å²) in [6, 6.07) is 15.3. The van der Waals surface area contributed by atoms with E-state index in [9.17, 15) is 0 Å². The molecule has 0 bridgehead atoms. The summed E-state index contributed by atoms with van der Waals surface area (Å²) in [5, 5.41) is 3.64. The predicted octanol–water partition coefficient (Wildman–Crippen LogP) is 4.37. The molecule has 1 aliphatic heterocycles. The van der Waals surface area contributed by atoms with Crippen LogP contribution in [0.4, 0.5) is 0 Å². The minimum Gasteiger partial charge on any atom is -0.493 e. The molecular formula is C17H18BrNO. The number of rotatable bonds is 3. The first-order valence-corrected chi connectivity index (χ1v) is 7.73. The van der Waals surface area contributed by atoms with E-state index in [0.29, 0.717) is 6.04 Å². The molecule has 3 rings (SSSR count). The van der Waals surface area contributed by atoms with Crippen molar-refractivity contribution in [2.45, 2.75) is 25.9 Å². The Hall–Kier alpha value is -1.32. The van der Waals surface area contributed by atoms with Gasteiger partial charge in [0, 0.05) is 29.0 Å². The molecular weight excluding hydrogens is 314 g/mol. The van der Waals surface area contributed by atoms with Crippen LogP contribution in [0.15, 0.2) is 46.9 Å². The van der Waals surface area contributed by atoms with E-state index in [0.717, 1.165) is 29.8 Å². The standard InChI is InChI=1S/C17H18BrNO/c1-12-2-4-13(5-3-12)11-19-16-8-9-20-17-7-6-14(18)10-15(16)17/h2-7,10,16,19H,8-9,11H2,1H3. The summed E-state index contributed by atoms with van der Waals surface area (Å²) in [4.78, 5) is 0. The van der Waals surface area contributed by atoms with Gasteiger partial charge in [-0.1, -0.05) is 45.8 Å². The number of benzene rings is 2. The van der Waals surface area contributed by atoms with E-state index in [2.05, 4.69) is 58.5 Å². The maximum Gasteiger partial charge on any atom is 0.124 e. The zero-order valence-corrected chi connectivity index (χ0v) is 13.1. The Morgan fingerprint density at radius 2 is 2.00 bits per heavy atom. The quantitative estimate of drug-likeness (QED) is 0.901. The Balaban J connectivity index is 1.73. The fourth-order valence-electron chi connectivity index (χ4n) is 2.52. The molecule has 0 aliphatic carbocycles. The van der Waals surface area contributed by atoms with Gasteiger partial charge in [-0.05, 0) is 30.7 Å². The molecule has 20 heavy (non-hydrogen) atoms. The van der Waals surface area contributed by atoms with Crippen molar-refractivity contribution < 1.29 is 4.74 Å². The minimum atomic E-state index is 0.359. The molecule has 2 aromatic rings. The lowest BCUT2D eigenvalue weighted by molar-refractivity contribution is 0.252. The highest BCUT2D eigenvalue weighted by Gasteiger charge is 2.21. The van der Waals surface area contributed by atoms with E-state index >= 15 is 0 Å². The SMILES string of the molecule is Cc1ccc(CNC2CCOc3ccc(Br)cc32)cc1. The number of hydrogen-bond donors (Lipinski definition) is 1. The van der Waals surface area contributed by atoms with Gasteiger partial charge in [0.2, 0.25) is 0 Å². The van der Waals surface area contributed by atoms with Crippen LogP contribution in [0, 0.1) is 6.92 Å². The average molecular weight is 332 g/mol. The van der Waals surface area contributed by atoms with Gasteiger partial charge in [0.05, 0.1) is 6.61 Å². The van der Waals surface area contributed by atoms with Crippen molar-refractivity contribution in [3.63, 3.8) is 0 Å². The minimum absolute atomic E-state index is 0.359. The third kappa shape index (κ3) is 3.05. The Kier molecular flexibility index (Phi) is 4.08. The van der Waals surface area contributed by atoms with Crippen molar-refractivity contribution in [2.24, 2.45) is 0 Å². The predicted molar refractivity (Wildman–Crippen MR) is 85.0 cm³/mol. The highest BCUT2D eigenvalue weighted by atomic mass is 79.9. The zero-order chi connectivity index (χ0) is 13.9. The van der Waals surface area contributed by atoms with Crippen LogP contribution in [-0.4, -0.2) is 6.61 Å². The molecule has 0 saturated carbocycles. The molecule has 2 nitrogen and oxygen atoms in total. The molecule has 104 valence electrons. The van der Waals surface area contributed by atoms with Crippen LogP contribution in [0.25, 0.3) is 0 Å². The van der Waals surface area contributed by atoms with Crippen LogP contribution < -0.4 is 10.1 Å². The Morgan fingerprint density at radius 3 is 2.80 bits per heavy atom. The van der Waals surface area contributed by atoms with Gasteiger partial charge in [-0.3, -0.25) is 0 Å². The molecule has 3 heteroatoms. The lowest BCUT2D eigenvalue weighted by Gasteiger charge is -2.27. The third-order valence-electron chi connectivity index (χ3n) is 3.68. The van der Waals surface area contributed by atoms with E-state index in [1.807, 2.05) is 12.1 Å². The molecule has 0 aromatic heterocycles. The van der Waals surface area contributed by atoms with Gasteiger partial charge in [-0.25, -0.2) is 0 Å². The van der Waals surface area contributed by atoms with Crippen molar-refractivity contribution in [1.82, 2.24) is 5.32 Å². The fraction of sp³-hybridized carbons (Fsp3) is 0.294. The first-order chi connectivity index (χ1) is 9.72. The van der Waals surface area contributed by atoms with E-state index in [1.165, 1.54) is 16.7 Å². The summed E-state index contributed by atoms with van der Waals surface area (Å²) in [6.45, 7) is 3.78. The Labute approximate surface area is 128 Å². The van der Waals surface area contributed by atoms with Gasteiger partial charge >= 0.3 is 0 Å². The highest BCUT2D eigenvalue weighted by Crippen LogP contribution is 2.34. The maximum atomic E-state index is 5.72. The van der Waals surface area contributed by atoms with E-state index in [-0.39, 0.29) is 0 Å². The van der Waals surface area contributed by atoms with Crippen LogP contribution in [0.1, 0.15) is 29.2 Å². The summed E-state index contributed by atoms with van der Waals surface area (Å²) in [5.41, 5.74) is 3.87. The number of ether oxygens (including phenoxy) is 1. The first kappa shape index (κ1) is 13.7. The number of aryl methyl sites for hydroxylation is 1. The number of hydrogen-bond acceptors (Lipinski definition) is 2. The van der Waals surface area contributed by atoms with Gasteiger partial charge in [-0.2, -0.15) is 0 Å². The molecule has 0 saturated heterocycles. The van der Waals surface area contributed by atoms with Crippen LogP contribution in [0.5, 0.6) is 5.75 Å². The second-order valence-corrected chi connectivity index (χ2v) is 6.15. The summed E-state index contributed by atoms with van der Waals surface area (Å²) < 4.78 is 6.82. The lowest BCUT2D eigenvalue weighted by atomic mass is 10.0. The normalized spacial score (nSPS) is 17.4. The van der Waals surface area contributed by atoms with Crippen LogP contribution in [-0.2, 0) is 6.54 Å². The van der Waals surface area contributed by atoms with Crippen molar-refractivity contribution in [3.8, 4) is 5.75 Å². The third-order valence-corrected chi connectivity index (χ3v) is 4.18. The molecule has 2 aromatic carbocycles.